The lowest BCUT2D eigenvalue weighted by Crippen LogP contribution is -2.05. The fraction of sp³-hybridized carbons (Fsp3) is 0.385. The first-order valence-corrected chi connectivity index (χ1v) is 5.13. The summed E-state index contributed by atoms with van der Waals surface area (Å²) in [6.07, 6.45) is 4.24. The van der Waals surface area contributed by atoms with E-state index in [1.807, 2.05) is 0 Å². The summed E-state index contributed by atoms with van der Waals surface area (Å²) in [5.41, 5.74) is 3.86. The number of benzene rings is 1. The quantitative estimate of drug-likeness (QED) is 0.655. The van der Waals surface area contributed by atoms with E-state index < -0.39 is 0 Å². The second-order valence-electron chi connectivity index (χ2n) is 4.08. The van der Waals surface area contributed by atoms with Gasteiger partial charge in [0.05, 0.1) is 0 Å². The molecule has 1 heterocycles. The SMILES string of the molecule is Cc1ccc(C(C)C)c2c1C=CCO2. The van der Waals surface area contributed by atoms with Crippen molar-refractivity contribution in [3.8, 4) is 5.75 Å². The van der Waals surface area contributed by atoms with Crippen molar-refractivity contribution in [3.63, 3.8) is 0 Å². The van der Waals surface area contributed by atoms with Crippen LogP contribution < -0.4 is 4.74 Å². The fourth-order valence-electron chi connectivity index (χ4n) is 1.84. The summed E-state index contributed by atoms with van der Waals surface area (Å²) in [5.74, 6) is 1.61. The molecule has 1 nitrogen and oxygen atoms in total. The molecular formula is C13H16O. The van der Waals surface area contributed by atoms with Gasteiger partial charge in [0.2, 0.25) is 0 Å². The molecule has 1 heteroatoms. The first kappa shape index (κ1) is 9.32. The van der Waals surface area contributed by atoms with Crippen molar-refractivity contribution >= 4 is 6.08 Å². The Bertz CT molecular complexity index is 375. The molecule has 0 bridgehead atoms. The molecule has 1 aliphatic heterocycles. The molecule has 74 valence electrons. The molecule has 0 aromatic heterocycles. The molecule has 0 aliphatic carbocycles. The van der Waals surface area contributed by atoms with Crippen LogP contribution in [-0.4, -0.2) is 6.61 Å². The second kappa shape index (κ2) is 3.49. The third-order valence-electron chi connectivity index (χ3n) is 2.67. The van der Waals surface area contributed by atoms with Gasteiger partial charge in [0.15, 0.2) is 0 Å². The van der Waals surface area contributed by atoms with E-state index >= 15 is 0 Å². The van der Waals surface area contributed by atoms with Crippen molar-refractivity contribution in [2.24, 2.45) is 0 Å². The molecule has 0 amide bonds. The summed E-state index contributed by atoms with van der Waals surface area (Å²) in [6, 6.07) is 4.35. The Morgan fingerprint density at radius 3 is 2.79 bits per heavy atom. The number of aryl methyl sites for hydroxylation is 1. The van der Waals surface area contributed by atoms with Crippen LogP contribution in [0.5, 0.6) is 5.75 Å². The first-order chi connectivity index (χ1) is 6.70. The first-order valence-electron chi connectivity index (χ1n) is 5.13. The van der Waals surface area contributed by atoms with Crippen molar-refractivity contribution < 1.29 is 4.74 Å². The number of hydrogen-bond donors (Lipinski definition) is 0. The fourth-order valence-corrected chi connectivity index (χ4v) is 1.84. The number of hydrogen-bond acceptors (Lipinski definition) is 1. The second-order valence-corrected chi connectivity index (χ2v) is 4.08. The lowest BCUT2D eigenvalue weighted by molar-refractivity contribution is 0.352. The van der Waals surface area contributed by atoms with E-state index in [0.29, 0.717) is 12.5 Å². The Morgan fingerprint density at radius 1 is 1.29 bits per heavy atom. The smallest absolute Gasteiger partial charge is 0.130 e. The summed E-state index contributed by atoms with van der Waals surface area (Å²) in [4.78, 5) is 0. The van der Waals surface area contributed by atoms with Crippen LogP contribution in [0.2, 0.25) is 0 Å². The van der Waals surface area contributed by atoms with Gasteiger partial charge >= 0.3 is 0 Å². The zero-order chi connectivity index (χ0) is 10.1. The molecule has 0 unspecified atom stereocenters. The van der Waals surface area contributed by atoms with Gasteiger partial charge in [0.25, 0.3) is 0 Å². The number of fused-ring (bicyclic) bond motifs is 1. The highest BCUT2D eigenvalue weighted by Gasteiger charge is 2.15. The standard InChI is InChI=1S/C13H16O/c1-9(2)11-7-6-10(3)12-5-4-8-14-13(11)12/h4-7,9H,8H2,1-3H3. The van der Waals surface area contributed by atoms with Gasteiger partial charge in [-0.1, -0.05) is 32.1 Å². The molecule has 0 saturated carbocycles. The zero-order valence-corrected chi connectivity index (χ0v) is 9.00. The normalized spacial score (nSPS) is 14.0. The van der Waals surface area contributed by atoms with Crippen LogP contribution in [0.25, 0.3) is 6.08 Å². The third kappa shape index (κ3) is 1.43. The van der Waals surface area contributed by atoms with Crippen LogP contribution in [0.15, 0.2) is 18.2 Å². The molecule has 14 heavy (non-hydrogen) atoms. The average molecular weight is 188 g/mol. The molecule has 1 aromatic rings. The van der Waals surface area contributed by atoms with Crippen LogP contribution in [0.3, 0.4) is 0 Å². The van der Waals surface area contributed by atoms with Crippen LogP contribution in [-0.2, 0) is 0 Å². The third-order valence-corrected chi connectivity index (χ3v) is 2.67. The molecule has 1 aromatic carbocycles. The Balaban J connectivity index is 2.61. The maximum atomic E-state index is 5.71. The zero-order valence-electron chi connectivity index (χ0n) is 9.00. The van der Waals surface area contributed by atoms with Crippen LogP contribution in [0.4, 0.5) is 0 Å². The van der Waals surface area contributed by atoms with E-state index in [0.717, 1.165) is 5.75 Å². The van der Waals surface area contributed by atoms with Gasteiger partial charge in [-0.25, -0.2) is 0 Å². The lowest BCUT2D eigenvalue weighted by Gasteiger charge is -2.20. The monoisotopic (exact) mass is 188 g/mol. The van der Waals surface area contributed by atoms with Gasteiger partial charge in [0, 0.05) is 5.56 Å². The predicted molar refractivity (Wildman–Crippen MR) is 59.8 cm³/mol. The maximum Gasteiger partial charge on any atom is 0.130 e. The summed E-state index contributed by atoms with van der Waals surface area (Å²) in [7, 11) is 0. The molecule has 2 rings (SSSR count). The predicted octanol–water partition coefficient (Wildman–Crippen LogP) is 3.52. The van der Waals surface area contributed by atoms with Gasteiger partial charge in [-0.3, -0.25) is 0 Å². The minimum atomic E-state index is 0.524. The molecule has 0 saturated heterocycles. The van der Waals surface area contributed by atoms with Crippen molar-refractivity contribution in [1.29, 1.82) is 0 Å². The minimum Gasteiger partial charge on any atom is -0.489 e. The largest absolute Gasteiger partial charge is 0.489 e. The van der Waals surface area contributed by atoms with E-state index in [1.165, 1.54) is 16.7 Å². The van der Waals surface area contributed by atoms with E-state index in [1.54, 1.807) is 0 Å². The Morgan fingerprint density at radius 2 is 2.07 bits per heavy atom. The van der Waals surface area contributed by atoms with E-state index in [-0.39, 0.29) is 0 Å². The minimum absolute atomic E-state index is 0.524. The molecule has 0 N–H and O–H groups in total. The van der Waals surface area contributed by atoms with Crippen LogP contribution in [0, 0.1) is 6.92 Å². The van der Waals surface area contributed by atoms with E-state index in [2.05, 4.69) is 45.1 Å². The molecule has 1 aliphatic rings. The van der Waals surface area contributed by atoms with Gasteiger partial charge in [-0.2, -0.15) is 0 Å². The highest BCUT2D eigenvalue weighted by atomic mass is 16.5. The van der Waals surface area contributed by atoms with Gasteiger partial charge in [0.1, 0.15) is 12.4 Å². The lowest BCUT2D eigenvalue weighted by atomic mass is 9.95. The topological polar surface area (TPSA) is 9.23 Å². The van der Waals surface area contributed by atoms with Gasteiger partial charge in [-0.05, 0) is 30.0 Å². The van der Waals surface area contributed by atoms with Crippen molar-refractivity contribution in [1.82, 2.24) is 0 Å². The Kier molecular flexibility index (Phi) is 2.32. The molecule has 0 atom stereocenters. The Hall–Kier alpha value is -1.24. The van der Waals surface area contributed by atoms with Crippen molar-refractivity contribution in [3.05, 3.63) is 34.9 Å². The summed E-state index contributed by atoms with van der Waals surface area (Å²) >= 11 is 0. The van der Waals surface area contributed by atoms with E-state index in [9.17, 15) is 0 Å². The van der Waals surface area contributed by atoms with Gasteiger partial charge in [-0.15, -0.1) is 0 Å². The summed E-state index contributed by atoms with van der Waals surface area (Å²) in [5, 5.41) is 0. The summed E-state index contributed by atoms with van der Waals surface area (Å²) in [6.45, 7) is 7.23. The summed E-state index contributed by atoms with van der Waals surface area (Å²) < 4.78 is 5.71. The molecular weight excluding hydrogens is 172 g/mol. The molecule has 0 radical (unpaired) electrons. The van der Waals surface area contributed by atoms with Crippen LogP contribution in [0.1, 0.15) is 36.5 Å². The molecule has 0 fully saturated rings. The number of rotatable bonds is 1. The number of ether oxygens (including phenoxy) is 1. The Labute approximate surface area is 85.4 Å². The van der Waals surface area contributed by atoms with Gasteiger partial charge < -0.3 is 4.74 Å². The van der Waals surface area contributed by atoms with Crippen molar-refractivity contribution in [2.45, 2.75) is 26.7 Å². The highest BCUT2D eigenvalue weighted by Crippen LogP contribution is 2.34. The average Bonchev–Trinajstić information content (AvgIpc) is 2.18. The maximum absolute atomic E-state index is 5.71. The van der Waals surface area contributed by atoms with E-state index in [4.69, 9.17) is 4.74 Å². The van der Waals surface area contributed by atoms with Crippen molar-refractivity contribution in [2.75, 3.05) is 6.61 Å². The molecule has 0 spiro atoms. The highest BCUT2D eigenvalue weighted by molar-refractivity contribution is 5.65. The van der Waals surface area contributed by atoms with Crippen LogP contribution >= 0.6 is 0 Å².